The predicted octanol–water partition coefficient (Wildman–Crippen LogP) is 2.05. The molecule has 0 saturated carbocycles. The number of phenols is 1. The van der Waals surface area contributed by atoms with E-state index < -0.39 is 0 Å². The van der Waals surface area contributed by atoms with Crippen molar-refractivity contribution in [1.29, 1.82) is 0 Å². The first-order valence-electron chi connectivity index (χ1n) is 4.06. The lowest BCUT2D eigenvalue weighted by Crippen LogP contribution is -2.27. The lowest BCUT2D eigenvalue weighted by molar-refractivity contribution is 0.473. The molecule has 0 aromatic heterocycles. The minimum Gasteiger partial charge on any atom is -0.508 e. The zero-order valence-electron chi connectivity index (χ0n) is 7.95. The third-order valence-electron chi connectivity index (χ3n) is 2.16. The zero-order chi connectivity index (χ0) is 9.19. The van der Waals surface area contributed by atoms with Crippen LogP contribution in [0.3, 0.4) is 0 Å². The first-order valence-corrected chi connectivity index (χ1v) is 4.06. The Morgan fingerprint density at radius 2 is 1.69 bits per heavy atom. The van der Waals surface area contributed by atoms with Crippen molar-refractivity contribution in [2.75, 3.05) is 6.54 Å². The highest BCUT2D eigenvalue weighted by Gasteiger charge is 2.17. The molecule has 74 valence electrons. The summed E-state index contributed by atoms with van der Waals surface area (Å²) in [5, 5.41) is 9.06. The molecule has 0 heterocycles. The van der Waals surface area contributed by atoms with Crippen molar-refractivity contribution in [2.45, 2.75) is 19.3 Å². The summed E-state index contributed by atoms with van der Waals surface area (Å²) in [6, 6.07) is 7.18. The Kier molecular flexibility index (Phi) is 4.24. The molecule has 0 aliphatic heterocycles. The van der Waals surface area contributed by atoms with Gasteiger partial charge < -0.3 is 10.8 Å². The number of hydrogen-bond acceptors (Lipinski definition) is 2. The fourth-order valence-electron chi connectivity index (χ4n) is 1.03. The molecule has 0 fully saturated rings. The molecule has 3 N–H and O–H groups in total. The van der Waals surface area contributed by atoms with Gasteiger partial charge in [0.05, 0.1) is 0 Å². The number of benzene rings is 1. The van der Waals surface area contributed by atoms with Gasteiger partial charge in [-0.25, -0.2) is 0 Å². The zero-order valence-corrected chi connectivity index (χ0v) is 8.77. The smallest absolute Gasteiger partial charge is 0.115 e. The molecule has 0 aliphatic rings. The molecular formula is C10H16ClNO. The topological polar surface area (TPSA) is 46.2 Å². The van der Waals surface area contributed by atoms with Crippen LogP contribution >= 0.6 is 12.4 Å². The van der Waals surface area contributed by atoms with Crippen LogP contribution in [0, 0.1) is 0 Å². The van der Waals surface area contributed by atoms with Crippen molar-refractivity contribution in [3.8, 4) is 5.75 Å². The number of aromatic hydroxyl groups is 1. The highest BCUT2D eigenvalue weighted by molar-refractivity contribution is 5.85. The van der Waals surface area contributed by atoms with Crippen LogP contribution < -0.4 is 5.73 Å². The Labute approximate surface area is 85.2 Å². The summed E-state index contributed by atoms with van der Waals surface area (Å²) in [7, 11) is 0. The van der Waals surface area contributed by atoms with E-state index in [1.807, 2.05) is 12.1 Å². The van der Waals surface area contributed by atoms with Crippen molar-refractivity contribution in [3.63, 3.8) is 0 Å². The number of nitrogens with two attached hydrogens (primary N) is 1. The van der Waals surface area contributed by atoms with Crippen molar-refractivity contribution in [2.24, 2.45) is 5.73 Å². The van der Waals surface area contributed by atoms with E-state index in [-0.39, 0.29) is 17.8 Å². The molecular weight excluding hydrogens is 186 g/mol. The average Bonchev–Trinajstić information content (AvgIpc) is 2.05. The standard InChI is InChI=1S/C10H15NO.ClH/c1-10(2,7-11)8-3-5-9(12)6-4-8;/h3-6,12H,7,11H2,1-2H3;1H. The van der Waals surface area contributed by atoms with Crippen LogP contribution in [-0.2, 0) is 5.41 Å². The number of halogens is 1. The first-order chi connectivity index (χ1) is 5.56. The van der Waals surface area contributed by atoms with Crippen molar-refractivity contribution in [3.05, 3.63) is 29.8 Å². The van der Waals surface area contributed by atoms with Crippen LogP contribution in [0.4, 0.5) is 0 Å². The highest BCUT2D eigenvalue weighted by atomic mass is 35.5. The summed E-state index contributed by atoms with van der Waals surface area (Å²) in [6.45, 7) is 4.77. The molecule has 13 heavy (non-hydrogen) atoms. The average molecular weight is 202 g/mol. The van der Waals surface area contributed by atoms with Gasteiger partial charge in [-0.3, -0.25) is 0 Å². The molecule has 3 heteroatoms. The van der Waals surface area contributed by atoms with Crippen LogP contribution in [0.5, 0.6) is 5.75 Å². The van der Waals surface area contributed by atoms with E-state index >= 15 is 0 Å². The van der Waals surface area contributed by atoms with Crippen LogP contribution in [0.1, 0.15) is 19.4 Å². The second-order valence-corrected chi connectivity index (χ2v) is 3.63. The Hall–Kier alpha value is -0.730. The van der Waals surface area contributed by atoms with Crippen molar-refractivity contribution >= 4 is 12.4 Å². The monoisotopic (exact) mass is 201 g/mol. The fraction of sp³-hybridized carbons (Fsp3) is 0.400. The van der Waals surface area contributed by atoms with Gasteiger partial charge in [0, 0.05) is 12.0 Å². The van der Waals surface area contributed by atoms with E-state index in [9.17, 15) is 0 Å². The van der Waals surface area contributed by atoms with Gasteiger partial charge in [-0.2, -0.15) is 0 Å². The van der Waals surface area contributed by atoms with E-state index in [2.05, 4.69) is 13.8 Å². The molecule has 0 unspecified atom stereocenters. The molecule has 0 amide bonds. The van der Waals surface area contributed by atoms with Gasteiger partial charge in [0.25, 0.3) is 0 Å². The number of rotatable bonds is 2. The van der Waals surface area contributed by atoms with E-state index in [4.69, 9.17) is 10.8 Å². The van der Waals surface area contributed by atoms with Gasteiger partial charge >= 0.3 is 0 Å². The first kappa shape index (κ1) is 12.3. The lowest BCUT2D eigenvalue weighted by atomic mass is 9.85. The molecule has 2 nitrogen and oxygen atoms in total. The summed E-state index contributed by atoms with van der Waals surface area (Å²) in [6.07, 6.45) is 0. The maximum absolute atomic E-state index is 9.06. The Bertz CT molecular complexity index is 256. The van der Waals surface area contributed by atoms with Crippen LogP contribution in [0.25, 0.3) is 0 Å². The molecule has 0 atom stereocenters. The second kappa shape index (κ2) is 4.49. The van der Waals surface area contributed by atoms with Crippen LogP contribution in [0.2, 0.25) is 0 Å². The molecule has 0 aliphatic carbocycles. The van der Waals surface area contributed by atoms with Crippen LogP contribution in [-0.4, -0.2) is 11.7 Å². The largest absolute Gasteiger partial charge is 0.508 e. The van der Waals surface area contributed by atoms with Crippen LogP contribution in [0.15, 0.2) is 24.3 Å². The Balaban J connectivity index is 0.00000144. The summed E-state index contributed by atoms with van der Waals surface area (Å²) >= 11 is 0. The van der Waals surface area contributed by atoms with Crippen molar-refractivity contribution in [1.82, 2.24) is 0 Å². The minimum absolute atomic E-state index is 0. The summed E-state index contributed by atoms with van der Waals surface area (Å²) in [5.74, 6) is 0.298. The van der Waals surface area contributed by atoms with Gasteiger partial charge in [-0.1, -0.05) is 26.0 Å². The molecule has 0 radical (unpaired) electrons. The third kappa shape index (κ3) is 2.90. The summed E-state index contributed by atoms with van der Waals surface area (Å²) in [4.78, 5) is 0. The molecule has 0 bridgehead atoms. The summed E-state index contributed by atoms with van der Waals surface area (Å²) < 4.78 is 0. The molecule has 1 aromatic carbocycles. The lowest BCUT2D eigenvalue weighted by Gasteiger charge is -2.22. The van der Waals surface area contributed by atoms with E-state index in [0.29, 0.717) is 12.3 Å². The number of hydrogen-bond donors (Lipinski definition) is 2. The Morgan fingerprint density at radius 3 is 2.08 bits per heavy atom. The number of phenolic OH excluding ortho intramolecular Hbond substituents is 1. The van der Waals surface area contributed by atoms with E-state index in [1.165, 1.54) is 0 Å². The van der Waals surface area contributed by atoms with Gasteiger partial charge in [-0.15, -0.1) is 12.4 Å². The van der Waals surface area contributed by atoms with Gasteiger partial charge in [-0.05, 0) is 17.7 Å². The Morgan fingerprint density at radius 1 is 1.23 bits per heavy atom. The molecule has 1 rings (SSSR count). The molecule has 0 spiro atoms. The fourth-order valence-corrected chi connectivity index (χ4v) is 1.03. The quantitative estimate of drug-likeness (QED) is 0.770. The van der Waals surface area contributed by atoms with Gasteiger partial charge in [0.2, 0.25) is 0 Å². The van der Waals surface area contributed by atoms with Gasteiger partial charge in [0.15, 0.2) is 0 Å². The maximum Gasteiger partial charge on any atom is 0.115 e. The minimum atomic E-state index is -0.00625. The predicted molar refractivity (Wildman–Crippen MR) is 57.4 cm³/mol. The SMILES string of the molecule is CC(C)(CN)c1ccc(O)cc1.Cl. The normalized spacial score (nSPS) is 10.7. The van der Waals surface area contributed by atoms with Crippen molar-refractivity contribution < 1.29 is 5.11 Å². The molecule has 0 saturated heterocycles. The maximum atomic E-state index is 9.06. The second-order valence-electron chi connectivity index (χ2n) is 3.63. The highest BCUT2D eigenvalue weighted by Crippen LogP contribution is 2.23. The third-order valence-corrected chi connectivity index (χ3v) is 2.16. The summed E-state index contributed by atoms with van der Waals surface area (Å²) in [5.41, 5.74) is 6.76. The van der Waals surface area contributed by atoms with E-state index in [1.54, 1.807) is 12.1 Å². The van der Waals surface area contributed by atoms with Gasteiger partial charge in [0.1, 0.15) is 5.75 Å². The molecule has 1 aromatic rings. The van der Waals surface area contributed by atoms with E-state index in [0.717, 1.165) is 5.56 Å².